The highest BCUT2D eigenvalue weighted by Crippen LogP contribution is 2.34. The number of primary amides is 1. The lowest BCUT2D eigenvalue weighted by atomic mass is 9.97. The average molecular weight is 549 g/mol. The molecule has 2 aliphatic heterocycles. The second-order valence-electron chi connectivity index (χ2n) is 10.8. The number of aromatic nitrogens is 5. The van der Waals surface area contributed by atoms with Gasteiger partial charge in [-0.3, -0.25) is 14.3 Å². The van der Waals surface area contributed by atoms with Crippen molar-refractivity contribution in [2.45, 2.75) is 38.3 Å². The van der Waals surface area contributed by atoms with E-state index in [9.17, 15) is 4.79 Å². The number of anilines is 3. The van der Waals surface area contributed by atoms with Gasteiger partial charge in [-0.2, -0.15) is 9.97 Å². The van der Waals surface area contributed by atoms with Crippen molar-refractivity contribution in [2.75, 3.05) is 29.9 Å². The number of hydrogen-bond acceptors (Lipinski definition) is 8. The lowest BCUT2D eigenvalue weighted by Gasteiger charge is -2.32. The molecule has 10 heteroatoms. The number of hydrogen-bond donors (Lipinski definition) is 2. The van der Waals surface area contributed by atoms with E-state index in [2.05, 4.69) is 33.4 Å². The summed E-state index contributed by atoms with van der Waals surface area (Å²) in [5, 5.41) is 4.48. The fraction of sp³-hybridized carbons (Fsp3) is 0.323. The Balaban J connectivity index is 1.31. The highest BCUT2D eigenvalue weighted by atomic mass is 16.5. The van der Waals surface area contributed by atoms with Crippen molar-refractivity contribution in [1.82, 2.24) is 24.5 Å². The average Bonchev–Trinajstić information content (AvgIpc) is 3.45. The van der Waals surface area contributed by atoms with Crippen LogP contribution in [-0.2, 0) is 9.53 Å². The zero-order valence-electron chi connectivity index (χ0n) is 22.7. The van der Waals surface area contributed by atoms with E-state index in [1.165, 1.54) is 0 Å². The first-order valence-electron chi connectivity index (χ1n) is 14.3. The Bertz CT molecular complexity index is 1710. The molecule has 2 atom stereocenters. The van der Waals surface area contributed by atoms with E-state index in [-0.39, 0.29) is 18.1 Å². The van der Waals surface area contributed by atoms with Crippen molar-refractivity contribution in [1.29, 1.82) is 0 Å². The topological polar surface area (TPSA) is 124 Å². The summed E-state index contributed by atoms with van der Waals surface area (Å²) in [4.78, 5) is 33.4. The molecule has 0 bridgehead atoms. The molecule has 2 aromatic carbocycles. The molecule has 1 amide bonds. The molecule has 0 saturated carbocycles. The fourth-order valence-electron chi connectivity index (χ4n) is 5.96. The molecule has 10 nitrogen and oxygen atoms in total. The first-order chi connectivity index (χ1) is 20.1. The number of pyridine rings is 1. The number of carbonyl (C=O) groups is 1. The summed E-state index contributed by atoms with van der Waals surface area (Å²) >= 11 is 0. The molecule has 7 rings (SSSR count). The Labute approximate surface area is 237 Å². The third kappa shape index (κ3) is 4.95. The van der Waals surface area contributed by atoms with Crippen LogP contribution in [0, 0.1) is 5.92 Å². The van der Waals surface area contributed by atoms with Crippen LogP contribution in [0.5, 0.6) is 0 Å². The van der Waals surface area contributed by atoms with E-state index in [1.54, 1.807) is 6.33 Å². The number of rotatable bonds is 6. The molecular weight excluding hydrogens is 516 g/mol. The van der Waals surface area contributed by atoms with Crippen LogP contribution < -0.4 is 16.0 Å². The number of amides is 1. The number of ether oxygens (including phenoxy) is 1. The van der Waals surface area contributed by atoms with Crippen LogP contribution in [0.25, 0.3) is 33.2 Å². The molecule has 2 aliphatic rings. The third-order valence-electron chi connectivity index (χ3n) is 8.07. The van der Waals surface area contributed by atoms with E-state index >= 15 is 0 Å². The number of piperidine rings is 1. The zero-order chi connectivity index (χ0) is 27.8. The van der Waals surface area contributed by atoms with Gasteiger partial charge in [-0.1, -0.05) is 30.3 Å². The van der Waals surface area contributed by atoms with Crippen LogP contribution >= 0.6 is 0 Å². The molecule has 0 radical (unpaired) electrons. The first-order valence-corrected chi connectivity index (χ1v) is 14.3. The predicted octanol–water partition coefficient (Wildman–Crippen LogP) is 5.19. The summed E-state index contributed by atoms with van der Waals surface area (Å²) in [5.41, 5.74) is 11.1. The number of benzene rings is 2. The molecule has 0 aliphatic carbocycles. The quantitative estimate of drug-likeness (QED) is 0.297. The molecule has 5 aromatic rings. The van der Waals surface area contributed by atoms with Crippen LogP contribution in [0.2, 0.25) is 0 Å². The maximum Gasteiger partial charge on any atom is 0.231 e. The van der Waals surface area contributed by atoms with Gasteiger partial charge in [0.25, 0.3) is 0 Å². The first kappa shape index (κ1) is 25.4. The fourth-order valence-corrected chi connectivity index (χ4v) is 5.96. The van der Waals surface area contributed by atoms with E-state index in [4.69, 9.17) is 25.4 Å². The Kier molecular flexibility index (Phi) is 6.68. The normalized spacial score (nSPS) is 19.5. The van der Waals surface area contributed by atoms with Gasteiger partial charge in [0.1, 0.15) is 6.23 Å². The van der Waals surface area contributed by atoms with Gasteiger partial charge in [-0.25, -0.2) is 4.98 Å². The van der Waals surface area contributed by atoms with Gasteiger partial charge in [0.2, 0.25) is 11.9 Å². The second kappa shape index (κ2) is 10.8. The van der Waals surface area contributed by atoms with Crippen molar-refractivity contribution in [3.63, 3.8) is 0 Å². The highest BCUT2D eigenvalue weighted by Gasteiger charge is 2.29. The minimum atomic E-state index is -0.279. The Morgan fingerprint density at radius 2 is 1.90 bits per heavy atom. The Morgan fingerprint density at radius 3 is 2.73 bits per heavy atom. The summed E-state index contributed by atoms with van der Waals surface area (Å²) in [6.07, 6.45) is 8.21. The maximum absolute atomic E-state index is 12.1. The Hall–Kier alpha value is -4.57. The lowest BCUT2D eigenvalue weighted by molar-refractivity contribution is -0.122. The van der Waals surface area contributed by atoms with Crippen LogP contribution in [0.3, 0.4) is 0 Å². The van der Waals surface area contributed by atoms with E-state index in [0.29, 0.717) is 36.1 Å². The van der Waals surface area contributed by atoms with Crippen molar-refractivity contribution in [2.24, 2.45) is 11.7 Å². The zero-order valence-corrected chi connectivity index (χ0v) is 22.7. The summed E-state index contributed by atoms with van der Waals surface area (Å²) in [5.74, 6) is 0.651. The van der Waals surface area contributed by atoms with Gasteiger partial charge in [-0.15, -0.1) is 0 Å². The highest BCUT2D eigenvalue weighted by molar-refractivity contribution is 5.96. The summed E-state index contributed by atoms with van der Waals surface area (Å²) in [6.45, 7) is 1.99. The van der Waals surface area contributed by atoms with E-state index < -0.39 is 0 Å². The monoisotopic (exact) mass is 548 g/mol. The number of fused-ring (bicyclic) bond motifs is 2. The van der Waals surface area contributed by atoms with Crippen LogP contribution in [0.1, 0.15) is 38.3 Å². The van der Waals surface area contributed by atoms with Gasteiger partial charge in [-0.05, 0) is 67.5 Å². The van der Waals surface area contributed by atoms with Crippen molar-refractivity contribution in [3.8, 4) is 11.1 Å². The van der Waals surface area contributed by atoms with Crippen LogP contribution in [0.4, 0.5) is 17.5 Å². The standard InChI is InChI=1S/C31H32N8O2/c32-28(40)21-9-6-15-38(18-21)29-27-30(39(19-34-27)26-10-4-5-16-41-26)37-31(36-29)35-22-11-12-25-24(17-22)23(13-14-33-25)20-7-2-1-3-8-20/h1-3,7-8,11-14,17,19,21,26H,4-6,9-10,15-16,18H2,(H2,32,40)(H,35,36,37). The number of imidazole rings is 1. The summed E-state index contributed by atoms with van der Waals surface area (Å²) in [6, 6.07) is 18.4. The predicted molar refractivity (Wildman–Crippen MR) is 159 cm³/mol. The van der Waals surface area contributed by atoms with Gasteiger partial charge in [0, 0.05) is 37.0 Å². The largest absolute Gasteiger partial charge is 0.369 e. The molecule has 2 saturated heterocycles. The molecule has 2 fully saturated rings. The van der Waals surface area contributed by atoms with Crippen molar-refractivity contribution >= 4 is 45.4 Å². The molecule has 2 unspecified atom stereocenters. The second-order valence-corrected chi connectivity index (χ2v) is 10.8. The molecule has 3 aromatic heterocycles. The number of nitrogens with one attached hydrogen (secondary N) is 1. The van der Waals surface area contributed by atoms with Crippen molar-refractivity contribution < 1.29 is 9.53 Å². The Morgan fingerprint density at radius 1 is 1.00 bits per heavy atom. The number of carbonyl (C=O) groups excluding carboxylic acids is 1. The van der Waals surface area contributed by atoms with Crippen LogP contribution in [-0.4, -0.2) is 50.1 Å². The molecule has 208 valence electrons. The minimum absolute atomic E-state index is 0.121. The number of nitrogens with two attached hydrogens (primary N) is 1. The van der Waals surface area contributed by atoms with E-state index in [1.807, 2.05) is 47.2 Å². The molecule has 5 heterocycles. The summed E-state index contributed by atoms with van der Waals surface area (Å²) < 4.78 is 8.10. The molecular formula is C31H32N8O2. The summed E-state index contributed by atoms with van der Waals surface area (Å²) in [7, 11) is 0. The van der Waals surface area contributed by atoms with E-state index in [0.717, 1.165) is 66.4 Å². The molecule has 41 heavy (non-hydrogen) atoms. The van der Waals surface area contributed by atoms with Crippen LogP contribution in [0.15, 0.2) is 67.1 Å². The van der Waals surface area contributed by atoms with Gasteiger partial charge >= 0.3 is 0 Å². The van der Waals surface area contributed by atoms with Gasteiger partial charge in [0.15, 0.2) is 17.0 Å². The lowest BCUT2D eigenvalue weighted by Crippen LogP contribution is -2.41. The van der Waals surface area contributed by atoms with Crippen molar-refractivity contribution in [3.05, 3.63) is 67.1 Å². The SMILES string of the molecule is NC(=O)C1CCCN(c2nc(Nc3ccc4nccc(-c5ccccc5)c4c3)nc3c2ncn3C2CCCCO2)C1. The maximum atomic E-state index is 12.1. The molecule has 0 spiro atoms. The smallest absolute Gasteiger partial charge is 0.231 e. The molecule has 3 N–H and O–H groups in total. The third-order valence-corrected chi connectivity index (χ3v) is 8.07. The minimum Gasteiger partial charge on any atom is -0.369 e. The van der Waals surface area contributed by atoms with Gasteiger partial charge in [0.05, 0.1) is 17.8 Å². The number of nitrogens with zero attached hydrogens (tertiary/aromatic N) is 6. The van der Waals surface area contributed by atoms with Gasteiger partial charge < -0.3 is 20.7 Å².